The van der Waals surface area contributed by atoms with Gasteiger partial charge in [-0.05, 0) is 112 Å². The molecule has 6 aromatic carbocycles. The van der Waals surface area contributed by atoms with Crippen LogP contribution in [0.1, 0.15) is 46.2 Å². The smallest absolute Gasteiger partial charge is 0.244 e. The molecule has 4 amide bonds. The number of carbonyl (C=O) groups excluding carboxylic acids is 4. The molecule has 65 heavy (non-hydrogen) atoms. The highest BCUT2D eigenvalue weighted by Crippen LogP contribution is 2.38. The Kier molecular flexibility index (Phi) is 15.9. The Hall–Kier alpha value is -5.22. The average molecular weight is 969 g/mol. The molecule has 328 valence electrons. The van der Waals surface area contributed by atoms with Gasteiger partial charge in [-0.15, -0.1) is 0 Å². The first-order valence-corrected chi connectivity index (χ1v) is 25.6. The van der Waals surface area contributed by atoms with Crippen molar-refractivity contribution in [3.8, 4) is 0 Å². The van der Waals surface area contributed by atoms with E-state index in [1.165, 1.54) is 57.6 Å². The van der Waals surface area contributed by atoms with Crippen LogP contribution in [-0.4, -0.2) is 41.0 Å². The molecule has 2 heterocycles. The molecule has 0 spiro atoms. The van der Waals surface area contributed by atoms with E-state index in [0.717, 1.165) is 33.4 Å². The number of benzene rings is 6. The van der Waals surface area contributed by atoms with E-state index in [-0.39, 0.29) is 36.5 Å². The summed E-state index contributed by atoms with van der Waals surface area (Å²) in [5, 5.41) is 0. The van der Waals surface area contributed by atoms with Gasteiger partial charge in [0.15, 0.2) is 0 Å². The average Bonchev–Trinajstić information content (AvgIpc) is 3.82. The van der Waals surface area contributed by atoms with Crippen LogP contribution in [0.15, 0.2) is 170 Å². The Morgan fingerprint density at radius 3 is 0.969 bits per heavy atom. The number of anilines is 2. The maximum atomic E-state index is 13.9. The normalized spacial score (nSPS) is 16.0. The second kappa shape index (κ2) is 22.3. The van der Waals surface area contributed by atoms with Crippen LogP contribution in [0.3, 0.4) is 0 Å². The summed E-state index contributed by atoms with van der Waals surface area (Å²) < 4.78 is 3.86. The van der Waals surface area contributed by atoms with Crippen molar-refractivity contribution in [3.05, 3.63) is 203 Å². The van der Waals surface area contributed by atoms with Crippen LogP contribution in [0.2, 0.25) is 0 Å². The summed E-state index contributed by atoms with van der Waals surface area (Å²) in [6.45, 7) is 0. The third-order valence-electron chi connectivity index (χ3n) is 10.8. The standard InChI is InChI=1S/C51H44N4O4S6/c56-46-30-44(50(60)54(62-32-38-13-5-1-6-14-38)63-33-39-15-7-2-8-16-39)48(58)52(46)42-25-21-36(22-26-42)29-37-23-27-43(28-24-37)53-47(57)31-45(49(53)59)51(61)55(64-34-40-17-9-3-10-18-40)65-35-41-19-11-4-12-20-41/h1-28,44-45H,29-35H2. The number of nitrogens with zero attached hydrogens (tertiary/aromatic N) is 4. The lowest BCUT2D eigenvalue weighted by Gasteiger charge is -2.25. The largest absolute Gasteiger partial charge is 0.274 e. The lowest BCUT2D eigenvalue weighted by molar-refractivity contribution is -0.123. The first-order chi connectivity index (χ1) is 31.7. The van der Waals surface area contributed by atoms with Crippen molar-refractivity contribution < 1.29 is 19.2 Å². The molecule has 6 aromatic rings. The second-order valence-corrected chi connectivity index (χ2v) is 20.3. The van der Waals surface area contributed by atoms with Crippen LogP contribution in [0.25, 0.3) is 0 Å². The van der Waals surface area contributed by atoms with Gasteiger partial charge in [0.1, 0.15) is 9.98 Å². The number of hydrogen-bond donors (Lipinski definition) is 0. The van der Waals surface area contributed by atoms with E-state index in [1.54, 1.807) is 24.3 Å². The van der Waals surface area contributed by atoms with Gasteiger partial charge in [0.05, 0.1) is 23.2 Å². The molecule has 8 rings (SSSR count). The zero-order valence-corrected chi connectivity index (χ0v) is 40.0. The molecule has 2 aliphatic rings. The molecule has 0 radical (unpaired) electrons. The third-order valence-corrected chi connectivity index (χ3v) is 17.0. The molecular weight excluding hydrogens is 925 g/mol. The van der Waals surface area contributed by atoms with E-state index in [9.17, 15) is 19.2 Å². The van der Waals surface area contributed by atoms with Crippen molar-refractivity contribution in [2.75, 3.05) is 9.80 Å². The van der Waals surface area contributed by atoms with Gasteiger partial charge in [-0.2, -0.15) is 0 Å². The highest BCUT2D eigenvalue weighted by Gasteiger charge is 2.45. The lowest BCUT2D eigenvalue weighted by Crippen LogP contribution is -2.34. The summed E-state index contributed by atoms with van der Waals surface area (Å²) >= 11 is 18.1. The van der Waals surface area contributed by atoms with Crippen molar-refractivity contribution in [2.24, 2.45) is 11.8 Å². The van der Waals surface area contributed by atoms with Gasteiger partial charge >= 0.3 is 0 Å². The number of hydrogen-bond acceptors (Lipinski definition) is 10. The summed E-state index contributed by atoms with van der Waals surface area (Å²) in [6.07, 6.45) is 0.572. The summed E-state index contributed by atoms with van der Waals surface area (Å²) in [7, 11) is 0. The Balaban J connectivity index is 0.887. The summed E-state index contributed by atoms with van der Waals surface area (Å²) in [5.41, 5.74) is 7.46. The van der Waals surface area contributed by atoms with Gasteiger partial charge in [0, 0.05) is 35.9 Å². The van der Waals surface area contributed by atoms with Gasteiger partial charge in [0.25, 0.3) is 0 Å². The molecular formula is C51H44N4O4S6. The Morgan fingerprint density at radius 1 is 0.415 bits per heavy atom. The van der Waals surface area contributed by atoms with Crippen LogP contribution in [0.5, 0.6) is 0 Å². The Labute approximate surface area is 408 Å². The lowest BCUT2D eigenvalue weighted by atomic mass is 10.0. The maximum Gasteiger partial charge on any atom is 0.244 e. The topological polar surface area (TPSA) is 81.2 Å². The monoisotopic (exact) mass is 968 g/mol. The van der Waals surface area contributed by atoms with Crippen molar-refractivity contribution in [1.29, 1.82) is 0 Å². The van der Waals surface area contributed by atoms with Gasteiger partial charge in [-0.3, -0.25) is 26.6 Å². The number of carbonyl (C=O) groups is 4. The summed E-state index contributed by atoms with van der Waals surface area (Å²) in [6, 6.07) is 55.1. The highest BCUT2D eigenvalue weighted by molar-refractivity contribution is 8.13. The minimum absolute atomic E-state index is 0.00726. The molecule has 2 atom stereocenters. The fourth-order valence-corrected chi connectivity index (χ4v) is 12.4. The SMILES string of the molecule is O=C1CC(C(=S)N(SCc2ccccc2)SCc2ccccc2)C(=O)N1c1ccc(Cc2ccc(N3C(=O)CC(C(=S)N(SCc4ccccc4)SCc4ccccc4)C3=O)cc2)cc1. The first kappa shape index (κ1) is 46.3. The van der Waals surface area contributed by atoms with Crippen molar-refractivity contribution >= 4 is 117 Å². The summed E-state index contributed by atoms with van der Waals surface area (Å²) in [5.74, 6) is -0.0686. The molecule has 0 N–H and O–H groups in total. The van der Waals surface area contributed by atoms with Crippen molar-refractivity contribution in [2.45, 2.75) is 42.3 Å². The Morgan fingerprint density at radius 2 is 0.692 bits per heavy atom. The molecule has 0 aromatic heterocycles. The quantitative estimate of drug-likeness (QED) is 0.0467. The predicted octanol–water partition coefficient (Wildman–Crippen LogP) is 11.7. The molecule has 8 nitrogen and oxygen atoms in total. The highest BCUT2D eigenvalue weighted by atomic mass is 32.2. The summed E-state index contributed by atoms with van der Waals surface area (Å²) in [4.78, 5) is 58.2. The van der Waals surface area contributed by atoms with Crippen molar-refractivity contribution in [3.63, 3.8) is 0 Å². The molecule has 0 saturated carbocycles. The second-order valence-electron chi connectivity index (χ2n) is 15.4. The van der Waals surface area contributed by atoms with E-state index in [2.05, 4.69) is 48.5 Å². The third kappa shape index (κ3) is 11.8. The van der Waals surface area contributed by atoms with Gasteiger partial charge in [-0.1, -0.05) is 170 Å². The van der Waals surface area contributed by atoms with Crippen molar-refractivity contribution in [1.82, 2.24) is 7.42 Å². The number of amides is 4. The zero-order chi connectivity index (χ0) is 45.1. The van der Waals surface area contributed by atoms with E-state index >= 15 is 0 Å². The molecule has 0 bridgehead atoms. The maximum absolute atomic E-state index is 13.9. The minimum atomic E-state index is -0.751. The molecule has 2 aliphatic heterocycles. The van der Waals surface area contributed by atoms with Gasteiger partial charge < -0.3 is 0 Å². The van der Waals surface area contributed by atoms with Gasteiger partial charge in [-0.25, -0.2) is 9.80 Å². The molecule has 2 saturated heterocycles. The molecule has 2 unspecified atom stereocenters. The van der Waals surface area contributed by atoms with E-state index in [4.69, 9.17) is 24.4 Å². The minimum Gasteiger partial charge on any atom is -0.274 e. The first-order valence-electron chi connectivity index (χ1n) is 21.0. The fourth-order valence-electron chi connectivity index (χ4n) is 7.37. The zero-order valence-electron chi connectivity index (χ0n) is 35.1. The van der Waals surface area contributed by atoms with Crippen LogP contribution < -0.4 is 9.80 Å². The van der Waals surface area contributed by atoms with E-state index < -0.39 is 11.8 Å². The van der Waals surface area contributed by atoms with Gasteiger partial charge in [0.2, 0.25) is 23.6 Å². The molecule has 14 heteroatoms. The number of thiocarbonyl (C=S) groups is 2. The molecule has 2 fully saturated rings. The van der Waals surface area contributed by atoms with Crippen LogP contribution in [-0.2, 0) is 48.6 Å². The Bertz CT molecular complexity index is 2360. The van der Waals surface area contributed by atoms with Crippen LogP contribution in [0.4, 0.5) is 11.4 Å². The fraction of sp³-hybridized carbons (Fsp3) is 0.176. The number of imide groups is 2. The van der Waals surface area contributed by atoms with E-state index in [0.29, 0.717) is 50.8 Å². The predicted molar refractivity (Wildman–Crippen MR) is 277 cm³/mol. The van der Waals surface area contributed by atoms with Crippen LogP contribution >= 0.6 is 72.2 Å². The van der Waals surface area contributed by atoms with Crippen LogP contribution in [0, 0.1) is 11.8 Å². The number of rotatable bonds is 18. The van der Waals surface area contributed by atoms with E-state index in [1.807, 2.05) is 104 Å². The molecule has 0 aliphatic carbocycles.